The Morgan fingerprint density at radius 2 is 2.05 bits per heavy atom. The first-order valence-corrected chi connectivity index (χ1v) is 6.51. The molecule has 7 heteroatoms. The van der Waals surface area contributed by atoms with Crippen molar-refractivity contribution in [2.24, 2.45) is 5.73 Å². The Morgan fingerprint density at radius 1 is 1.30 bits per heavy atom. The van der Waals surface area contributed by atoms with Crippen molar-refractivity contribution in [3.05, 3.63) is 33.9 Å². The van der Waals surface area contributed by atoms with Gasteiger partial charge < -0.3 is 15.5 Å². The van der Waals surface area contributed by atoms with Crippen LogP contribution >= 0.6 is 0 Å². The number of nitrogens with zero attached hydrogens (tertiary/aromatic N) is 3. The second-order valence-corrected chi connectivity index (χ2v) is 4.94. The fourth-order valence-corrected chi connectivity index (χ4v) is 2.46. The van der Waals surface area contributed by atoms with Crippen molar-refractivity contribution in [1.82, 2.24) is 4.90 Å². The number of amides is 1. The molecule has 108 valence electrons. The molecule has 1 aliphatic rings. The Hall–Kier alpha value is -2.15. The largest absolute Gasteiger partial charge is 0.365 e. The maximum atomic E-state index is 11.4. The Bertz CT molecular complexity index is 532. The summed E-state index contributed by atoms with van der Waals surface area (Å²) in [5, 5.41) is 11.3. The molecule has 0 aliphatic carbocycles. The number of carbonyl (C=O) groups excluding carboxylic acids is 1. The molecule has 20 heavy (non-hydrogen) atoms. The van der Waals surface area contributed by atoms with E-state index in [1.807, 2.05) is 11.9 Å². The zero-order valence-electron chi connectivity index (χ0n) is 11.4. The van der Waals surface area contributed by atoms with Crippen LogP contribution in [0.2, 0.25) is 0 Å². The van der Waals surface area contributed by atoms with E-state index >= 15 is 0 Å². The molecule has 1 aromatic carbocycles. The molecule has 1 saturated heterocycles. The molecule has 1 aromatic rings. The van der Waals surface area contributed by atoms with Crippen LogP contribution in [0.5, 0.6) is 0 Å². The van der Waals surface area contributed by atoms with Crippen LogP contribution in [0.25, 0.3) is 0 Å². The third kappa shape index (κ3) is 2.88. The molecule has 1 heterocycles. The van der Waals surface area contributed by atoms with Crippen LogP contribution in [-0.2, 0) is 0 Å². The number of nitro benzene ring substituents is 1. The average Bonchev–Trinajstić information content (AvgIpc) is 2.62. The Labute approximate surface area is 117 Å². The lowest BCUT2D eigenvalue weighted by Gasteiger charge is -2.23. The molecule has 1 fully saturated rings. The summed E-state index contributed by atoms with van der Waals surface area (Å²) >= 11 is 0. The van der Waals surface area contributed by atoms with E-state index in [1.165, 1.54) is 6.07 Å². The molecule has 2 rings (SSSR count). The lowest BCUT2D eigenvalue weighted by molar-refractivity contribution is -0.384. The number of anilines is 1. The number of primary amides is 1. The van der Waals surface area contributed by atoms with Crippen LogP contribution in [0.3, 0.4) is 0 Å². The first-order chi connectivity index (χ1) is 9.50. The molecule has 0 aromatic heterocycles. The number of likely N-dealkylation sites (N-methyl/N-ethyl adjacent to an activating group) is 1. The van der Waals surface area contributed by atoms with Crippen molar-refractivity contribution in [2.45, 2.75) is 6.42 Å². The molecule has 0 unspecified atom stereocenters. The first-order valence-electron chi connectivity index (χ1n) is 6.51. The lowest BCUT2D eigenvalue weighted by Crippen LogP contribution is -2.29. The number of nitro groups is 1. The van der Waals surface area contributed by atoms with E-state index < -0.39 is 10.8 Å². The fourth-order valence-electron chi connectivity index (χ4n) is 2.46. The van der Waals surface area contributed by atoms with Crippen LogP contribution in [0, 0.1) is 10.1 Å². The van der Waals surface area contributed by atoms with Gasteiger partial charge in [-0.25, -0.2) is 0 Å². The van der Waals surface area contributed by atoms with E-state index in [0.29, 0.717) is 12.2 Å². The van der Waals surface area contributed by atoms with Gasteiger partial charge in [0.05, 0.1) is 4.92 Å². The van der Waals surface area contributed by atoms with Crippen molar-refractivity contribution < 1.29 is 9.72 Å². The second-order valence-electron chi connectivity index (χ2n) is 4.94. The summed E-state index contributed by atoms with van der Waals surface area (Å²) in [5.41, 5.74) is 5.48. The van der Waals surface area contributed by atoms with Gasteiger partial charge in [-0.1, -0.05) is 6.07 Å². The number of hydrogen-bond acceptors (Lipinski definition) is 5. The molecule has 1 amide bonds. The third-order valence-corrected chi connectivity index (χ3v) is 3.52. The van der Waals surface area contributed by atoms with Crippen LogP contribution in [0.4, 0.5) is 11.4 Å². The summed E-state index contributed by atoms with van der Waals surface area (Å²) in [5.74, 6) is -0.773. The Morgan fingerprint density at radius 3 is 2.70 bits per heavy atom. The highest BCUT2D eigenvalue weighted by atomic mass is 16.6. The normalized spacial score (nSPS) is 16.8. The van der Waals surface area contributed by atoms with E-state index in [4.69, 9.17) is 5.73 Å². The van der Waals surface area contributed by atoms with Gasteiger partial charge in [0.2, 0.25) is 0 Å². The van der Waals surface area contributed by atoms with Gasteiger partial charge in [0.15, 0.2) is 0 Å². The molecule has 1 aliphatic heterocycles. The number of carbonyl (C=O) groups is 1. The molecule has 0 atom stereocenters. The molecule has 0 spiro atoms. The minimum absolute atomic E-state index is 0.0369. The van der Waals surface area contributed by atoms with Gasteiger partial charge in [-0.3, -0.25) is 14.9 Å². The average molecular weight is 278 g/mol. The monoisotopic (exact) mass is 278 g/mol. The summed E-state index contributed by atoms with van der Waals surface area (Å²) < 4.78 is 0. The maximum absolute atomic E-state index is 11.4. The zero-order valence-corrected chi connectivity index (χ0v) is 11.4. The van der Waals surface area contributed by atoms with E-state index in [0.717, 1.165) is 26.1 Å². The van der Waals surface area contributed by atoms with Crippen LogP contribution < -0.4 is 10.6 Å². The number of hydrogen-bond donors (Lipinski definition) is 1. The Kier molecular flexibility index (Phi) is 4.19. The van der Waals surface area contributed by atoms with Crippen LogP contribution in [0.1, 0.15) is 16.8 Å². The minimum atomic E-state index is -0.773. The van der Waals surface area contributed by atoms with Crippen molar-refractivity contribution in [3.63, 3.8) is 0 Å². The summed E-state index contributed by atoms with van der Waals surface area (Å²) in [6.07, 6.45) is 0.925. The standard InChI is InChI=1S/C13H18N4O3/c1-15-6-3-7-16(9-8-15)11-5-2-4-10(13(14)18)12(11)17(19)20/h2,4-5H,3,6-9H2,1H3,(H2,14,18). The van der Waals surface area contributed by atoms with Gasteiger partial charge in [0, 0.05) is 19.6 Å². The lowest BCUT2D eigenvalue weighted by atomic mass is 10.1. The van der Waals surface area contributed by atoms with Crippen molar-refractivity contribution in [1.29, 1.82) is 0 Å². The highest BCUT2D eigenvalue weighted by molar-refractivity contribution is 5.99. The summed E-state index contributed by atoms with van der Waals surface area (Å²) in [4.78, 5) is 26.3. The topological polar surface area (TPSA) is 92.7 Å². The molecule has 0 radical (unpaired) electrons. The van der Waals surface area contributed by atoms with Gasteiger partial charge in [-0.05, 0) is 32.1 Å². The third-order valence-electron chi connectivity index (χ3n) is 3.52. The van der Waals surface area contributed by atoms with Crippen LogP contribution in [-0.4, -0.2) is 49.0 Å². The van der Waals surface area contributed by atoms with Crippen molar-refractivity contribution >= 4 is 17.3 Å². The predicted octanol–water partition coefficient (Wildman–Crippen LogP) is 0.836. The van der Waals surface area contributed by atoms with Gasteiger partial charge in [0.1, 0.15) is 11.3 Å². The van der Waals surface area contributed by atoms with Gasteiger partial charge >= 0.3 is 5.69 Å². The van der Waals surface area contributed by atoms with Crippen LogP contribution in [0.15, 0.2) is 18.2 Å². The van der Waals surface area contributed by atoms with E-state index in [-0.39, 0.29) is 11.3 Å². The van der Waals surface area contributed by atoms with Gasteiger partial charge in [0.25, 0.3) is 5.91 Å². The second kappa shape index (κ2) is 5.87. The Balaban J connectivity index is 2.42. The quantitative estimate of drug-likeness (QED) is 0.653. The van der Waals surface area contributed by atoms with E-state index in [2.05, 4.69) is 4.90 Å². The predicted molar refractivity (Wildman–Crippen MR) is 75.9 cm³/mol. The van der Waals surface area contributed by atoms with E-state index in [9.17, 15) is 14.9 Å². The minimum Gasteiger partial charge on any atom is -0.365 e. The molecular weight excluding hydrogens is 260 g/mol. The summed E-state index contributed by atoms with van der Waals surface area (Å²) in [6, 6.07) is 4.71. The molecule has 2 N–H and O–H groups in total. The molecule has 7 nitrogen and oxygen atoms in total. The number of benzene rings is 1. The molecule has 0 bridgehead atoms. The highest BCUT2D eigenvalue weighted by Gasteiger charge is 2.27. The van der Waals surface area contributed by atoms with Crippen molar-refractivity contribution in [2.75, 3.05) is 38.1 Å². The fraction of sp³-hybridized carbons (Fsp3) is 0.462. The van der Waals surface area contributed by atoms with Gasteiger partial charge in [-0.15, -0.1) is 0 Å². The highest BCUT2D eigenvalue weighted by Crippen LogP contribution is 2.32. The van der Waals surface area contributed by atoms with Crippen molar-refractivity contribution in [3.8, 4) is 0 Å². The first kappa shape index (κ1) is 14.3. The molecular formula is C13H18N4O3. The van der Waals surface area contributed by atoms with E-state index in [1.54, 1.807) is 12.1 Å². The smallest absolute Gasteiger partial charge is 0.305 e. The zero-order chi connectivity index (χ0) is 14.7. The SMILES string of the molecule is CN1CCCN(c2cccc(C(N)=O)c2[N+](=O)[O-])CC1. The number of nitrogens with two attached hydrogens (primary N) is 1. The maximum Gasteiger partial charge on any atom is 0.305 e. The number of rotatable bonds is 3. The summed E-state index contributed by atoms with van der Waals surface area (Å²) in [7, 11) is 2.03. The number of para-hydroxylation sites is 1. The summed E-state index contributed by atoms with van der Waals surface area (Å²) in [6.45, 7) is 3.21. The molecule has 0 saturated carbocycles. The van der Waals surface area contributed by atoms with Gasteiger partial charge in [-0.2, -0.15) is 0 Å².